The van der Waals surface area contributed by atoms with Gasteiger partial charge < -0.3 is 19.5 Å². The lowest BCUT2D eigenvalue weighted by atomic mass is 9.94. The van der Waals surface area contributed by atoms with Crippen LogP contribution in [0, 0.1) is 0 Å². The third-order valence-corrected chi connectivity index (χ3v) is 8.00. The standard InChI is InChI=1S/C20H38O2.C9H14O3.C8H13NO/c1-4-5-6-7-8-9-10-11-12-13-14-15-16-17-18-22-20(21)19(2)3;1-2-8(10)12-9(11)6-4-3-5-7-9;1-2-9-7-5-3-4-6-8(9)10/h2,4-18H2,1,3H3;2,11H,1,3-7H2;2H,1,3-7H2. The predicted molar refractivity (Wildman–Crippen MR) is 181 cm³/mol. The Morgan fingerprint density at radius 3 is 1.80 bits per heavy atom. The molecule has 2 rings (SSSR count). The number of amides is 1. The smallest absolute Gasteiger partial charge is 0.333 e. The normalized spacial score (nSPS) is 15.8. The molecule has 0 aromatic carbocycles. The third-order valence-electron chi connectivity index (χ3n) is 8.00. The fourth-order valence-electron chi connectivity index (χ4n) is 5.22. The Balaban J connectivity index is 0.000000698. The first-order valence-corrected chi connectivity index (χ1v) is 17.5. The Morgan fingerprint density at radius 1 is 0.818 bits per heavy atom. The molecule has 1 saturated heterocycles. The SMILES string of the molecule is C=C(C)C(=O)OCCCCCCCCCCCCCCCC.C=CC(=O)OC1(O)CCCCC1.C=CN1CCCCCC1=O. The van der Waals surface area contributed by atoms with Gasteiger partial charge in [-0.3, -0.25) is 4.79 Å². The molecule has 2 fully saturated rings. The molecule has 1 heterocycles. The van der Waals surface area contributed by atoms with Crippen LogP contribution in [0.1, 0.15) is 162 Å². The summed E-state index contributed by atoms with van der Waals surface area (Å²) < 4.78 is 9.90. The summed E-state index contributed by atoms with van der Waals surface area (Å²) in [5, 5.41) is 9.68. The number of ether oxygens (including phenoxy) is 2. The fourth-order valence-corrected chi connectivity index (χ4v) is 5.22. The van der Waals surface area contributed by atoms with Gasteiger partial charge in [0.1, 0.15) is 0 Å². The summed E-state index contributed by atoms with van der Waals surface area (Å²) in [7, 11) is 0. The predicted octanol–water partition coefficient (Wildman–Crippen LogP) is 9.49. The fraction of sp³-hybridized carbons (Fsp3) is 0.757. The van der Waals surface area contributed by atoms with Crippen LogP contribution >= 0.6 is 0 Å². The monoisotopic (exact) mass is 619 g/mol. The van der Waals surface area contributed by atoms with Crippen molar-refractivity contribution in [2.75, 3.05) is 13.2 Å². The van der Waals surface area contributed by atoms with Gasteiger partial charge in [0, 0.05) is 37.5 Å². The van der Waals surface area contributed by atoms with Crippen molar-refractivity contribution < 1.29 is 29.0 Å². The number of hydrogen-bond donors (Lipinski definition) is 1. The second-order valence-electron chi connectivity index (χ2n) is 12.2. The van der Waals surface area contributed by atoms with Gasteiger partial charge in [0.05, 0.1) is 6.61 Å². The molecule has 44 heavy (non-hydrogen) atoms. The summed E-state index contributed by atoms with van der Waals surface area (Å²) in [4.78, 5) is 34.8. The van der Waals surface area contributed by atoms with Gasteiger partial charge in [-0.15, -0.1) is 0 Å². The first-order chi connectivity index (χ1) is 21.2. The van der Waals surface area contributed by atoms with Crippen LogP contribution in [-0.4, -0.2) is 46.8 Å². The van der Waals surface area contributed by atoms with Crippen molar-refractivity contribution in [2.45, 2.75) is 167 Å². The van der Waals surface area contributed by atoms with Crippen LogP contribution in [0.4, 0.5) is 0 Å². The van der Waals surface area contributed by atoms with Crippen molar-refractivity contribution in [3.63, 3.8) is 0 Å². The molecule has 0 radical (unpaired) electrons. The number of esters is 2. The van der Waals surface area contributed by atoms with Crippen LogP contribution in [0.3, 0.4) is 0 Å². The van der Waals surface area contributed by atoms with E-state index in [2.05, 4.69) is 26.7 Å². The minimum atomic E-state index is -1.22. The molecule has 1 N–H and O–H groups in total. The zero-order chi connectivity index (χ0) is 32.9. The Labute approximate surface area is 269 Å². The maximum Gasteiger partial charge on any atom is 0.333 e. The minimum Gasteiger partial charge on any atom is -0.462 e. The molecule has 0 aromatic heterocycles. The molecule has 1 amide bonds. The highest BCUT2D eigenvalue weighted by Gasteiger charge is 2.32. The number of carbonyl (C=O) groups is 3. The zero-order valence-electron chi connectivity index (χ0n) is 28.4. The average Bonchev–Trinajstić information content (AvgIpc) is 3.23. The van der Waals surface area contributed by atoms with E-state index in [4.69, 9.17) is 9.47 Å². The summed E-state index contributed by atoms with van der Waals surface area (Å²) in [6, 6.07) is 0. The number of hydrogen-bond acceptors (Lipinski definition) is 6. The molecule has 1 aliphatic carbocycles. The second-order valence-corrected chi connectivity index (χ2v) is 12.2. The Bertz CT molecular complexity index is 802. The van der Waals surface area contributed by atoms with Gasteiger partial charge in [-0.25, -0.2) is 9.59 Å². The van der Waals surface area contributed by atoms with Gasteiger partial charge >= 0.3 is 11.9 Å². The number of likely N-dealkylation sites (tertiary alicyclic amines) is 1. The summed E-state index contributed by atoms with van der Waals surface area (Å²) in [5.41, 5.74) is 0.491. The van der Waals surface area contributed by atoms with E-state index < -0.39 is 11.8 Å². The van der Waals surface area contributed by atoms with Gasteiger partial charge in [0.15, 0.2) is 0 Å². The highest BCUT2D eigenvalue weighted by molar-refractivity contribution is 5.86. The topological polar surface area (TPSA) is 93.1 Å². The maximum atomic E-state index is 11.2. The molecule has 0 unspecified atom stereocenters. The number of carbonyl (C=O) groups excluding carboxylic acids is 3. The van der Waals surface area contributed by atoms with Crippen molar-refractivity contribution in [3.8, 4) is 0 Å². The second kappa shape index (κ2) is 28.1. The van der Waals surface area contributed by atoms with E-state index in [0.29, 0.717) is 31.4 Å². The van der Waals surface area contributed by atoms with Crippen LogP contribution in [-0.2, 0) is 23.9 Å². The maximum absolute atomic E-state index is 11.2. The van der Waals surface area contributed by atoms with Crippen molar-refractivity contribution in [2.24, 2.45) is 0 Å². The first-order valence-electron chi connectivity index (χ1n) is 17.5. The molecule has 0 aromatic rings. The number of nitrogens with zero attached hydrogens (tertiary/aromatic N) is 1. The largest absolute Gasteiger partial charge is 0.462 e. The Hall–Kier alpha value is -2.41. The molecule has 1 aliphatic heterocycles. The van der Waals surface area contributed by atoms with Crippen LogP contribution in [0.5, 0.6) is 0 Å². The third kappa shape index (κ3) is 24.0. The van der Waals surface area contributed by atoms with Crippen molar-refractivity contribution in [1.29, 1.82) is 0 Å². The summed E-state index contributed by atoms with van der Waals surface area (Å²) in [6.07, 6.45) is 29.6. The lowest BCUT2D eigenvalue weighted by Gasteiger charge is -2.30. The van der Waals surface area contributed by atoms with Crippen molar-refractivity contribution in [1.82, 2.24) is 4.90 Å². The Morgan fingerprint density at radius 2 is 1.32 bits per heavy atom. The van der Waals surface area contributed by atoms with Crippen LogP contribution in [0.25, 0.3) is 0 Å². The Kier molecular flexibility index (Phi) is 26.6. The molecule has 7 nitrogen and oxygen atoms in total. The highest BCUT2D eigenvalue weighted by atomic mass is 16.7. The number of aliphatic hydroxyl groups is 1. The van der Waals surface area contributed by atoms with E-state index >= 15 is 0 Å². The van der Waals surface area contributed by atoms with Crippen molar-refractivity contribution in [3.05, 3.63) is 37.6 Å². The van der Waals surface area contributed by atoms with E-state index in [0.717, 1.165) is 51.1 Å². The average molecular weight is 620 g/mol. The van der Waals surface area contributed by atoms with E-state index in [1.165, 1.54) is 89.9 Å². The van der Waals surface area contributed by atoms with E-state index in [9.17, 15) is 19.5 Å². The van der Waals surface area contributed by atoms with Crippen LogP contribution < -0.4 is 0 Å². The van der Waals surface area contributed by atoms with Crippen LogP contribution in [0.15, 0.2) is 37.6 Å². The van der Waals surface area contributed by atoms with Crippen molar-refractivity contribution >= 4 is 17.8 Å². The quantitative estimate of drug-likeness (QED) is 0.0670. The molecule has 7 heteroatoms. The summed E-state index contributed by atoms with van der Waals surface area (Å²) >= 11 is 0. The number of unbranched alkanes of at least 4 members (excludes halogenated alkanes) is 13. The highest BCUT2D eigenvalue weighted by Crippen LogP contribution is 2.29. The molecular weight excluding hydrogens is 554 g/mol. The lowest BCUT2D eigenvalue weighted by molar-refractivity contribution is -0.215. The molecule has 2 aliphatic rings. The molecule has 0 atom stereocenters. The lowest BCUT2D eigenvalue weighted by Crippen LogP contribution is -2.36. The first kappa shape index (κ1) is 41.6. The molecular formula is C37H65NO6. The van der Waals surface area contributed by atoms with E-state index in [1.54, 1.807) is 18.0 Å². The van der Waals surface area contributed by atoms with Gasteiger partial charge in [-0.1, -0.05) is 123 Å². The number of rotatable bonds is 19. The van der Waals surface area contributed by atoms with E-state index in [-0.39, 0.29) is 11.9 Å². The minimum absolute atomic E-state index is 0.229. The molecule has 0 bridgehead atoms. The zero-order valence-corrected chi connectivity index (χ0v) is 28.4. The molecule has 1 saturated carbocycles. The van der Waals surface area contributed by atoms with Gasteiger partial charge in [-0.2, -0.15) is 0 Å². The van der Waals surface area contributed by atoms with Crippen LogP contribution in [0.2, 0.25) is 0 Å². The van der Waals surface area contributed by atoms with Gasteiger partial charge in [0.25, 0.3) is 0 Å². The van der Waals surface area contributed by atoms with Gasteiger partial charge in [0.2, 0.25) is 11.7 Å². The molecule has 254 valence electrons. The molecule has 0 spiro atoms. The summed E-state index contributed by atoms with van der Waals surface area (Å²) in [5.74, 6) is -1.79. The van der Waals surface area contributed by atoms with E-state index in [1.807, 2.05) is 0 Å². The van der Waals surface area contributed by atoms with Gasteiger partial charge in [-0.05, 0) is 45.2 Å². The summed E-state index contributed by atoms with van der Waals surface area (Å²) in [6.45, 7) is 15.8.